The Morgan fingerprint density at radius 3 is 2.00 bits per heavy atom. The lowest BCUT2D eigenvalue weighted by molar-refractivity contribution is 0.354. The van der Waals surface area contributed by atoms with Crippen LogP contribution in [0.1, 0.15) is 22.9 Å². The third-order valence-electron chi connectivity index (χ3n) is 5.92. The predicted octanol–water partition coefficient (Wildman–Crippen LogP) is 4.65. The summed E-state index contributed by atoms with van der Waals surface area (Å²) in [6.07, 6.45) is 1.64. The van der Waals surface area contributed by atoms with Crippen LogP contribution >= 0.6 is 0 Å². The normalized spacial score (nSPS) is 12.2. The van der Waals surface area contributed by atoms with Crippen molar-refractivity contribution in [3.05, 3.63) is 83.7 Å². The number of methoxy groups -OCH3 is 4. The number of rotatable bonds is 9. The van der Waals surface area contributed by atoms with Gasteiger partial charge in [0.15, 0.2) is 23.0 Å². The zero-order chi connectivity index (χ0) is 25.9. The number of aromatic nitrogens is 1. The number of benzene rings is 3. The zero-order valence-electron chi connectivity index (χ0n) is 20.7. The second-order valence-corrected chi connectivity index (χ2v) is 9.82. The van der Waals surface area contributed by atoms with E-state index >= 15 is 0 Å². The van der Waals surface area contributed by atoms with Crippen LogP contribution in [-0.2, 0) is 10.0 Å². The van der Waals surface area contributed by atoms with E-state index in [4.69, 9.17) is 18.9 Å². The van der Waals surface area contributed by atoms with Gasteiger partial charge in [-0.2, -0.15) is 4.72 Å². The van der Waals surface area contributed by atoms with Gasteiger partial charge in [0.2, 0.25) is 10.0 Å². The maximum absolute atomic E-state index is 13.5. The van der Waals surface area contributed by atoms with Crippen molar-refractivity contribution in [1.82, 2.24) is 9.71 Å². The maximum atomic E-state index is 13.5. The first-order valence-corrected chi connectivity index (χ1v) is 12.6. The predicted molar refractivity (Wildman–Crippen MR) is 138 cm³/mol. The molecule has 188 valence electrons. The topological polar surface area (TPSA) is 96.0 Å². The van der Waals surface area contributed by atoms with E-state index in [0.29, 0.717) is 39.6 Å². The summed E-state index contributed by atoms with van der Waals surface area (Å²) in [5, 5.41) is 1.53. The van der Waals surface area contributed by atoms with Crippen molar-refractivity contribution < 1.29 is 27.4 Å². The van der Waals surface area contributed by atoms with Gasteiger partial charge in [-0.05, 0) is 60.3 Å². The lowest BCUT2D eigenvalue weighted by Gasteiger charge is -2.22. The van der Waals surface area contributed by atoms with Crippen molar-refractivity contribution in [1.29, 1.82) is 0 Å². The van der Waals surface area contributed by atoms with Crippen molar-refractivity contribution in [2.24, 2.45) is 0 Å². The standard InChI is InChI=1S/C27H28N2O6S/c1-17-6-9-20(10-7-17)36(30,31)29-26(19-8-11-22(32-2)23(15-19)33-3)27-21-16-25(35-5)24(34-4)14-18(21)12-13-28-27/h6-16,26,29H,1-5H3. The average Bonchev–Trinajstić information content (AvgIpc) is 2.90. The van der Waals surface area contributed by atoms with Gasteiger partial charge in [0.25, 0.3) is 0 Å². The molecule has 0 bridgehead atoms. The summed E-state index contributed by atoms with van der Waals surface area (Å²) in [7, 11) is 2.26. The molecule has 0 spiro atoms. The fraction of sp³-hybridized carbons (Fsp3) is 0.222. The number of nitrogens with one attached hydrogen (secondary N) is 1. The van der Waals surface area contributed by atoms with Crippen LogP contribution in [0.15, 0.2) is 71.8 Å². The Balaban J connectivity index is 1.93. The summed E-state index contributed by atoms with van der Waals surface area (Å²) in [5.74, 6) is 2.06. The van der Waals surface area contributed by atoms with E-state index in [-0.39, 0.29) is 4.90 Å². The molecular weight excluding hydrogens is 480 g/mol. The number of hydrogen-bond donors (Lipinski definition) is 1. The molecule has 0 aliphatic carbocycles. The van der Waals surface area contributed by atoms with E-state index in [2.05, 4.69) is 9.71 Å². The molecule has 4 aromatic rings. The second kappa shape index (κ2) is 10.4. The first-order valence-electron chi connectivity index (χ1n) is 11.1. The van der Waals surface area contributed by atoms with Gasteiger partial charge in [0.1, 0.15) is 0 Å². The lowest BCUT2D eigenvalue weighted by Crippen LogP contribution is -2.30. The van der Waals surface area contributed by atoms with Gasteiger partial charge in [-0.15, -0.1) is 0 Å². The molecule has 0 aliphatic rings. The van der Waals surface area contributed by atoms with Crippen LogP contribution in [-0.4, -0.2) is 41.8 Å². The highest BCUT2D eigenvalue weighted by molar-refractivity contribution is 7.89. The highest BCUT2D eigenvalue weighted by atomic mass is 32.2. The van der Waals surface area contributed by atoms with E-state index in [1.54, 1.807) is 76.1 Å². The Morgan fingerprint density at radius 1 is 0.750 bits per heavy atom. The molecule has 36 heavy (non-hydrogen) atoms. The highest BCUT2D eigenvalue weighted by Gasteiger charge is 2.27. The first kappa shape index (κ1) is 25.3. The van der Waals surface area contributed by atoms with Crippen LogP contribution in [0.25, 0.3) is 10.8 Å². The minimum Gasteiger partial charge on any atom is -0.493 e. The summed E-state index contributed by atoms with van der Waals surface area (Å²) in [6.45, 7) is 1.90. The molecule has 0 saturated heterocycles. The molecule has 4 rings (SSSR count). The molecule has 1 unspecified atom stereocenters. The number of fused-ring (bicyclic) bond motifs is 1. The van der Waals surface area contributed by atoms with Gasteiger partial charge < -0.3 is 18.9 Å². The molecule has 0 fully saturated rings. The van der Waals surface area contributed by atoms with Gasteiger partial charge >= 0.3 is 0 Å². The number of aryl methyl sites for hydroxylation is 1. The van der Waals surface area contributed by atoms with E-state index in [1.807, 2.05) is 19.1 Å². The fourth-order valence-electron chi connectivity index (χ4n) is 4.01. The largest absolute Gasteiger partial charge is 0.493 e. The fourth-order valence-corrected chi connectivity index (χ4v) is 5.20. The van der Waals surface area contributed by atoms with Gasteiger partial charge in [-0.3, -0.25) is 4.98 Å². The molecule has 8 nitrogen and oxygen atoms in total. The van der Waals surface area contributed by atoms with Crippen molar-refractivity contribution >= 4 is 20.8 Å². The van der Waals surface area contributed by atoms with Gasteiger partial charge in [0, 0.05) is 11.6 Å². The SMILES string of the molecule is COc1ccc(C(NS(=O)(=O)c2ccc(C)cc2)c2nccc3cc(OC)c(OC)cc23)cc1OC. The van der Waals surface area contributed by atoms with Crippen LogP contribution < -0.4 is 23.7 Å². The Hall–Kier alpha value is -3.82. The molecule has 1 aromatic heterocycles. The first-order chi connectivity index (χ1) is 17.3. The molecule has 1 heterocycles. The van der Waals surface area contributed by atoms with Gasteiger partial charge in [-0.1, -0.05) is 23.8 Å². The third-order valence-corrected chi connectivity index (χ3v) is 7.36. The minimum absolute atomic E-state index is 0.151. The quantitative estimate of drug-likeness (QED) is 0.352. The number of sulfonamides is 1. The number of hydrogen-bond acceptors (Lipinski definition) is 7. The second-order valence-electron chi connectivity index (χ2n) is 8.11. The zero-order valence-corrected chi connectivity index (χ0v) is 21.5. The van der Waals surface area contributed by atoms with Crippen LogP contribution in [0.4, 0.5) is 0 Å². The molecule has 3 aromatic carbocycles. The van der Waals surface area contributed by atoms with E-state index in [9.17, 15) is 8.42 Å². The van der Waals surface area contributed by atoms with E-state index in [1.165, 1.54) is 7.11 Å². The number of ether oxygens (including phenoxy) is 4. The highest BCUT2D eigenvalue weighted by Crippen LogP contribution is 2.38. The summed E-state index contributed by atoms with van der Waals surface area (Å²) in [5.41, 5.74) is 2.08. The summed E-state index contributed by atoms with van der Waals surface area (Å²) >= 11 is 0. The molecule has 1 atom stereocenters. The Kier molecular flexibility index (Phi) is 7.32. The van der Waals surface area contributed by atoms with Crippen molar-refractivity contribution in [2.45, 2.75) is 17.9 Å². The molecule has 0 aliphatic heterocycles. The van der Waals surface area contributed by atoms with Crippen LogP contribution in [0.2, 0.25) is 0 Å². The summed E-state index contributed by atoms with van der Waals surface area (Å²) < 4.78 is 51.7. The van der Waals surface area contributed by atoms with Crippen LogP contribution in [0.3, 0.4) is 0 Å². The number of pyridine rings is 1. The Bertz CT molecular complexity index is 1490. The van der Waals surface area contributed by atoms with Crippen molar-refractivity contribution in [2.75, 3.05) is 28.4 Å². The Morgan fingerprint density at radius 2 is 1.36 bits per heavy atom. The molecule has 9 heteroatoms. The van der Waals surface area contributed by atoms with Crippen LogP contribution in [0, 0.1) is 6.92 Å². The summed E-state index contributed by atoms with van der Waals surface area (Å²) in [6, 6.07) is 16.5. The Labute approximate surface area is 210 Å². The van der Waals surface area contributed by atoms with Gasteiger partial charge in [-0.25, -0.2) is 8.42 Å². The molecule has 0 saturated carbocycles. The third kappa shape index (κ3) is 4.93. The number of nitrogens with zero attached hydrogens (tertiary/aromatic N) is 1. The molecule has 1 N–H and O–H groups in total. The molecule has 0 radical (unpaired) electrons. The monoisotopic (exact) mass is 508 g/mol. The van der Waals surface area contributed by atoms with Gasteiger partial charge in [0.05, 0.1) is 45.1 Å². The molecular formula is C27H28N2O6S. The average molecular weight is 509 g/mol. The van der Waals surface area contributed by atoms with Crippen molar-refractivity contribution in [3.8, 4) is 23.0 Å². The summed E-state index contributed by atoms with van der Waals surface area (Å²) in [4.78, 5) is 4.76. The van der Waals surface area contributed by atoms with E-state index < -0.39 is 16.1 Å². The van der Waals surface area contributed by atoms with Crippen molar-refractivity contribution in [3.63, 3.8) is 0 Å². The maximum Gasteiger partial charge on any atom is 0.241 e. The lowest BCUT2D eigenvalue weighted by atomic mass is 9.98. The smallest absolute Gasteiger partial charge is 0.241 e. The minimum atomic E-state index is -3.92. The molecule has 0 amide bonds. The van der Waals surface area contributed by atoms with Crippen LogP contribution in [0.5, 0.6) is 23.0 Å². The van der Waals surface area contributed by atoms with E-state index in [0.717, 1.165) is 10.9 Å².